The first-order chi connectivity index (χ1) is 5.20. The quantitative estimate of drug-likeness (QED) is 0.331. The summed E-state index contributed by atoms with van der Waals surface area (Å²) in [4.78, 5) is 25.9. The van der Waals surface area contributed by atoms with Crippen molar-refractivity contribution >= 4 is 5.78 Å². The molecule has 0 fully saturated rings. The molecule has 0 aromatic rings. The van der Waals surface area contributed by atoms with Gasteiger partial charge in [0.05, 0.1) is 10.2 Å². The monoisotopic (exact) mass is 240 g/mol. The molecule has 0 aliphatic rings. The van der Waals surface area contributed by atoms with Crippen LogP contribution >= 0.6 is 0 Å². The molecule has 0 heterocycles. The van der Waals surface area contributed by atoms with Crippen LogP contribution < -0.4 is 0 Å². The van der Waals surface area contributed by atoms with Gasteiger partial charge in [0.2, 0.25) is 0 Å². The van der Waals surface area contributed by atoms with Crippen molar-refractivity contribution in [2.75, 3.05) is 0 Å². The number of carbonyl (C=O) groups excluding carboxylic acids is 1. The van der Waals surface area contributed by atoms with Crippen molar-refractivity contribution in [2.45, 2.75) is 13.8 Å². The van der Waals surface area contributed by atoms with E-state index < -0.39 is 10.2 Å². The molecule has 9 nitrogen and oxygen atoms in total. The zero-order valence-electron chi connectivity index (χ0n) is 6.57. The van der Waals surface area contributed by atoms with Gasteiger partial charge in [0.1, 0.15) is 5.78 Å². The fourth-order valence-corrected chi connectivity index (χ4v) is 0. The molecule has 0 atom stereocenters. The van der Waals surface area contributed by atoms with E-state index in [0.717, 1.165) is 0 Å². The Hall–Kier alpha value is -1.44. The van der Waals surface area contributed by atoms with Gasteiger partial charge in [-0.15, -0.1) is 0 Å². The van der Waals surface area contributed by atoms with Crippen LogP contribution in [-0.4, -0.2) is 16.0 Å². The third-order valence-electron chi connectivity index (χ3n) is 0. The second-order valence-corrected chi connectivity index (χ2v) is 1.36. The zero-order valence-corrected chi connectivity index (χ0v) is 7.56. The second-order valence-electron chi connectivity index (χ2n) is 1.36. The summed E-state index contributed by atoms with van der Waals surface area (Å²) >= 11 is 0. The summed E-state index contributed by atoms with van der Waals surface area (Å²) in [5, 5.41) is 29.5. The molecule has 0 spiro atoms. The smallest absolute Gasteiger partial charge is 0.356 e. The molecule has 0 rings (SSSR count). The van der Waals surface area contributed by atoms with Crippen molar-refractivity contribution in [3.05, 3.63) is 30.6 Å². The normalized spacial score (nSPS) is 5.69. The molecular weight excluding hydrogens is 235 g/mol. The summed E-state index contributed by atoms with van der Waals surface area (Å²) < 4.78 is 0. The van der Waals surface area contributed by atoms with Crippen molar-refractivity contribution in [1.82, 2.24) is 0 Å². The molecule has 0 aliphatic heterocycles. The fourth-order valence-electron chi connectivity index (χ4n) is 0. The molecule has 0 aromatic carbocycles. The fraction of sp³-hybridized carbons (Fsp3) is 0.667. The number of hydrogen-bond acceptors (Lipinski definition) is 7. The molecule has 80 valence electrons. The Kier molecular flexibility index (Phi) is 29.3. The Morgan fingerprint density at radius 2 is 0.923 bits per heavy atom. The SMILES string of the molecule is CC(C)=O.O=[N+]([O-])[O-].O=[N+]([O-])[O-].[Ni+2]. The topological polar surface area (TPSA) is 149 Å². The van der Waals surface area contributed by atoms with E-state index in [9.17, 15) is 4.79 Å². The van der Waals surface area contributed by atoms with Crippen LogP contribution in [0.3, 0.4) is 0 Å². The summed E-state index contributed by atoms with van der Waals surface area (Å²) in [6.45, 7) is 3.06. The largest absolute Gasteiger partial charge is 2.00 e. The molecule has 0 aliphatic carbocycles. The number of carbonyl (C=O) groups is 1. The van der Waals surface area contributed by atoms with Gasteiger partial charge in [-0.1, -0.05) is 0 Å². The average molecular weight is 241 g/mol. The molecule has 0 N–H and O–H groups in total. The minimum atomic E-state index is -1.75. The maximum atomic E-state index is 9.44. The van der Waals surface area contributed by atoms with E-state index in [1.54, 1.807) is 0 Å². The van der Waals surface area contributed by atoms with E-state index in [-0.39, 0.29) is 22.3 Å². The Morgan fingerprint density at radius 3 is 0.923 bits per heavy atom. The molecule has 13 heavy (non-hydrogen) atoms. The van der Waals surface area contributed by atoms with Crippen LogP contribution in [0.25, 0.3) is 0 Å². The summed E-state index contributed by atoms with van der Waals surface area (Å²) in [5.41, 5.74) is 0. The third-order valence-corrected chi connectivity index (χ3v) is 0. The summed E-state index contributed by atoms with van der Waals surface area (Å²) in [6, 6.07) is 0. The van der Waals surface area contributed by atoms with Crippen molar-refractivity contribution in [3.8, 4) is 0 Å². The molecule has 0 saturated heterocycles. The van der Waals surface area contributed by atoms with Gasteiger partial charge in [-0.25, -0.2) is 0 Å². The van der Waals surface area contributed by atoms with Crippen LogP contribution in [0.15, 0.2) is 0 Å². The average Bonchev–Trinajstić information content (AvgIpc) is 1.54. The van der Waals surface area contributed by atoms with E-state index in [4.69, 9.17) is 30.6 Å². The first-order valence-corrected chi connectivity index (χ1v) is 2.30. The predicted molar refractivity (Wildman–Crippen MR) is 37.1 cm³/mol. The number of nitrogens with zero attached hydrogens (tertiary/aromatic N) is 2. The van der Waals surface area contributed by atoms with Crippen molar-refractivity contribution in [3.63, 3.8) is 0 Å². The summed E-state index contributed by atoms with van der Waals surface area (Å²) in [7, 11) is 0. The molecule has 10 heteroatoms. The van der Waals surface area contributed by atoms with Gasteiger partial charge in [-0.05, 0) is 13.8 Å². The van der Waals surface area contributed by atoms with Gasteiger partial charge in [-0.2, -0.15) is 0 Å². The van der Waals surface area contributed by atoms with Crippen molar-refractivity contribution in [1.29, 1.82) is 0 Å². The van der Waals surface area contributed by atoms with Crippen molar-refractivity contribution in [2.24, 2.45) is 0 Å². The molecule has 0 radical (unpaired) electrons. The molecule has 0 unspecified atom stereocenters. The van der Waals surface area contributed by atoms with Crippen LogP contribution in [0, 0.1) is 30.6 Å². The zero-order chi connectivity index (χ0) is 10.7. The Bertz CT molecular complexity index is 119. The van der Waals surface area contributed by atoms with E-state index in [1.165, 1.54) is 13.8 Å². The van der Waals surface area contributed by atoms with Gasteiger partial charge in [0.25, 0.3) is 0 Å². The number of rotatable bonds is 0. The second kappa shape index (κ2) is 16.9. The van der Waals surface area contributed by atoms with E-state index in [1.807, 2.05) is 0 Å². The van der Waals surface area contributed by atoms with Gasteiger partial charge in [0, 0.05) is 0 Å². The van der Waals surface area contributed by atoms with Crippen LogP contribution in [0.2, 0.25) is 0 Å². The number of Topliss-reactive ketones (excluding diaryl/α,β-unsaturated/α-hetero) is 1. The molecule has 0 saturated carbocycles. The number of ketones is 1. The minimum Gasteiger partial charge on any atom is -0.356 e. The van der Waals surface area contributed by atoms with Gasteiger partial charge in [-0.3, -0.25) is 0 Å². The maximum Gasteiger partial charge on any atom is 2.00 e. The Morgan fingerprint density at radius 1 is 0.923 bits per heavy atom. The van der Waals surface area contributed by atoms with Gasteiger partial charge in [0.15, 0.2) is 0 Å². The van der Waals surface area contributed by atoms with Gasteiger partial charge >= 0.3 is 16.5 Å². The first-order valence-electron chi connectivity index (χ1n) is 2.30. The summed E-state index contributed by atoms with van der Waals surface area (Å²) in [6.07, 6.45) is 0. The van der Waals surface area contributed by atoms with Crippen LogP contribution in [0.5, 0.6) is 0 Å². The number of hydrogen-bond donors (Lipinski definition) is 0. The minimum absolute atomic E-state index is 0. The van der Waals surface area contributed by atoms with Gasteiger partial charge < -0.3 is 35.4 Å². The van der Waals surface area contributed by atoms with Crippen molar-refractivity contribution < 1.29 is 31.5 Å². The first kappa shape index (κ1) is 22.6. The van der Waals surface area contributed by atoms with Crippen LogP contribution in [0.4, 0.5) is 0 Å². The third kappa shape index (κ3) is 375. The molecular formula is C3H6N2NiO7. The van der Waals surface area contributed by atoms with E-state index in [2.05, 4.69) is 0 Å². The standard InChI is InChI=1S/C3H6O.2NO3.Ni/c1-3(2)4;2*2-1(3)4;/h1-2H3;;;/q;2*-1;+2. The van der Waals surface area contributed by atoms with E-state index >= 15 is 0 Å². The maximum absolute atomic E-state index is 9.44. The van der Waals surface area contributed by atoms with E-state index in [0.29, 0.717) is 0 Å². The van der Waals surface area contributed by atoms with Crippen LogP contribution in [0.1, 0.15) is 13.8 Å². The summed E-state index contributed by atoms with van der Waals surface area (Å²) in [5.74, 6) is 0.167. The Labute approximate surface area is 82.5 Å². The molecule has 0 amide bonds. The predicted octanol–water partition coefficient (Wildman–Crippen LogP) is 0.115. The Balaban J connectivity index is -0.0000000450. The molecule has 0 aromatic heterocycles. The molecule has 0 bridgehead atoms. The van der Waals surface area contributed by atoms with Crippen LogP contribution in [-0.2, 0) is 21.3 Å².